The lowest BCUT2D eigenvalue weighted by molar-refractivity contribution is -0.120. The third kappa shape index (κ3) is 5.59. The molecule has 7 nitrogen and oxygen atoms in total. The number of hydrogen-bond acceptors (Lipinski definition) is 4. The molecule has 1 aromatic heterocycles. The summed E-state index contributed by atoms with van der Waals surface area (Å²) >= 11 is 0. The topological polar surface area (TPSA) is 88.4 Å². The van der Waals surface area contributed by atoms with Gasteiger partial charge in [-0.3, -0.25) is 9.59 Å². The van der Waals surface area contributed by atoms with E-state index < -0.39 is 5.91 Å². The molecule has 0 radical (unpaired) electrons. The highest BCUT2D eigenvalue weighted by molar-refractivity contribution is 5.96. The molecule has 164 valence electrons. The van der Waals surface area contributed by atoms with Crippen LogP contribution in [-0.4, -0.2) is 34.4 Å². The Morgan fingerprint density at radius 1 is 0.939 bits per heavy atom. The van der Waals surface area contributed by atoms with Crippen molar-refractivity contribution in [2.75, 3.05) is 6.54 Å². The molecule has 0 unspecified atom stereocenters. The van der Waals surface area contributed by atoms with Crippen LogP contribution in [0, 0.1) is 6.92 Å². The molecule has 7 heteroatoms. The van der Waals surface area contributed by atoms with Crippen LogP contribution in [-0.2, 0) is 4.79 Å². The van der Waals surface area contributed by atoms with Crippen molar-refractivity contribution in [2.45, 2.75) is 6.92 Å². The summed E-state index contributed by atoms with van der Waals surface area (Å²) in [5.41, 5.74) is 7.35. The highest BCUT2D eigenvalue weighted by Gasteiger charge is 2.11. The monoisotopic (exact) mass is 437 g/mol. The van der Waals surface area contributed by atoms with Crippen molar-refractivity contribution >= 4 is 18.0 Å². The summed E-state index contributed by atoms with van der Waals surface area (Å²) in [5.74, 6) is -0.743. The van der Waals surface area contributed by atoms with Gasteiger partial charge in [0.25, 0.3) is 11.8 Å². The summed E-state index contributed by atoms with van der Waals surface area (Å²) in [6, 6.07) is 26.6. The molecular formula is C26H23N5O2. The largest absolute Gasteiger partial charge is 0.343 e. The number of nitrogens with zero attached hydrogens (tertiary/aromatic N) is 3. The van der Waals surface area contributed by atoms with Gasteiger partial charge in [-0.25, -0.2) is 10.1 Å². The number of para-hydroxylation sites is 1. The fourth-order valence-corrected chi connectivity index (χ4v) is 3.20. The first kappa shape index (κ1) is 21.7. The zero-order valence-electron chi connectivity index (χ0n) is 18.1. The molecule has 3 aromatic carbocycles. The number of carbonyl (C=O) groups excluding carboxylic acids is 2. The van der Waals surface area contributed by atoms with Crippen LogP contribution >= 0.6 is 0 Å². The minimum atomic E-state index is -0.427. The van der Waals surface area contributed by atoms with Gasteiger partial charge in [-0.1, -0.05) is 66.2 Å². The molecule has 33 heavy (non-hydrogen) atoms. The molecule has 0 bridgehead atoms. The summed E-state index contributed by atoms with van der Waals surface area (Å²) in [5, 5.41) is 11.4. The van der Waals surface area contributed by atoms with E-state index in [0.29, 0.717) is 5.56 Å². The zero-order chi connectivity index (χ0) is 23.0. The Morgan fingerprint density at radius 2 is 1.61 bits per heavy atom. The van der Waals surface area contributed by atoms with E-state index in [1.165, 1.54) is 0 Å². The molecule has 0 aliphatic heterocycles. The third-order valence-electron chi connectivity index (χ3n) is 4.93. The van der Waals surface area contributed by atoms with E-state index in [1.54, 1.807) is 23.0 Å². The van der Waals surface area contributed by atoms with Crippen molar-refractivity contribution in [3.63, 3.8) is 0 Å². The number of carbonyl (C=O) groups is 2. The average molecular weight is 438 g/mol. The first-order valence-corrected chi connectivity index (χ1v) is 10.5. The molecule has 0 saturated carbocycles. The number of rotatable bonds is 7. The molecule has 2 N–H and O–H groups in total. The van der Waals surface area contributed by atoms with Gasteiger partial charge in [0.15, 0.2) is 0 Å². The minimum absolute atomic E-state index is 0.182. The van der Waals surface area contributed by atoms with Crippen LogP contribution in [0.25, 0.3) is 16.9 Å². The smallest absolute Gasteiger partial charge is 0.259 e. The molecule has 1 heterocycles. The molecule has 0 aliphatic rings. The van der Waals surface area contributed by atoms with Crippen LogP contribution in [0.1, 0.15) is 21.5 Å². The number of hydrogen-bond donors (Lipinski definition) is 2. The molecule has 0 spiro atoms. The predicted molar refractivity (Wildman–Crippen MR) is 128 cm³/mol. The first-order valence-electron chi connectivity index (χ1n) is 10.5. The molecule has 0 atom stereocenters. The fourth-order valence-electron chi connectivity index (χ4n) is 3.20. The van der Waals surface area contributed by atoms with Crippen LogP contribution in [0.4, 0.5) is 0 Å². The van der Waals surface area contributed by atoms with Gasteiger partial charge < -0.3 is 5.32 Å². The predicted octanol–water partition coefficient (Wildman–Crippen LogP) is 3.73. The maximum Gasteiger partial charge on any atom is 0.259 e. The summed E-state index contributed by atoms with van der Waals surface area (Å²) in [6.45, 7) is 1.76. The molecule has 0 saturated heterocycles. The minimum Gasteiger partial charge on any atom is -0.343 e. The molecule has 0 aliphatic carbocycles. The maximum absolute atomic E-state index is 12.2. The summed E-state index contributed by atoms with van der Waals surface area (Å²) in [4.78, 5) is 24.3. The normalized spacial score (nSPS) is 10.8. The van der Waals surface area contributed by atoms with Gasteiger partial charge in [-0.15, -0.1) is 0 Å². The van der Waals surface area contributed by atoms with Crippen LogP contribution in [0.3, 0.4) is 0 Å². The average Bonchev–Trinajstić information content (AvgIpc) is 3.28. The Labute approximate surface area is 191 Å². The van der Waals surface area contributed by atoms with E-state index in [2.05, 4.69) is 15.8 Å². The zero-order valence-corrected chi connectivity index (χ0v) is 18.1. The molecular weight excluding hydrogens is 414 g/mol. The summed E-state index contributed by atoms with van der Waals surface area (Å²) in [7, 11) is 0. The number of benzene rings is 3. The van der Waals surface area contributed by atoms with Gasteiger partial charge in [0.2, 0.25) is 0 Å². The number of aromatic nitrogens is 2. The second kappa shape index (κ2) is 10.2. The van der Waals surface area contributed by atoms with Crippen molar-refractivity contribution in [3.8, 4) is 16.9 Å². The summed E-state index contributed by atoms with van der Waals surface area (Å²) < 4.78 is 1.77. The van der Waals surface area contributed by atoms with E-state index in [9.17, 15) is 9.59 Å². The standard InChI is InChI=1S/C26H23N5O2/c1-19-12-14-21(15-13-19)26(33)27-17-24(32)29-28-16-22-18-31(23-10-6-3-7-11-23)30-25(22)20-8-4-2-5-9-20/h2-16,18H,17H2,1H3,(H,27,33)(H,29,32)/b28-16-. The lowest BCUT2D eigenvalue weighted by Gasteiger charge is -2.04. The van der Waals surface area contributed by atoms with Crippen LogP contribution in [0.5, 0.6) is 0 Å². The van der Waals surface area contributed by atoms with Gasteiger partial charge in [0, 0.05) is 22.9 Å². The van der Waals surface area contributed by atoms with Crippen LogP contribution in [0.2, 0.25) is 0 Å². The van der Waals surface area contributed by atoms with Crippen LogP contribution < -0.4 is 10.7 Å². The second-order valence-electron chi connectivity index (χ2n) is 7.42. The Balaban J connectivity index is 1.43. The summed E-state index contributed by atoms with van der Waals surface area (Å²) in [6.07, 6.45) is 3.40. The van der Waals surface area contributed by atoms with Crippen LogP contribution in [0.15, 0.2) is 96.2 Å². The quantitative estimate of drug-likeness (QED) is 0.341. The fraction of sp³-hybridized carbons (Fsp3) is 0.0769. The number of hydrazone groups is 1. The van der Waals surface area contributed by atoms with Crippen molar-refractivity contribution in [3.05, 3.63) is 108 Å². The molecule has 4 aromatic rings. The van der Waals surface area contributed by atoms with Crippen molar-refractivity contribution in [1.29, 1.82) is 0 Å². The molecule has 0 fully saturated rings. The first-order chi connectivity index (χ1) is 16.1. The van der Waals surface area contributed by atoms with E-state index >= 15 is 0 Å². The van der Waals surface area contributed by atoms with Gasteiger partial charge in [0.1, 0.15) is 5.69 Å². The Bertz CT molecular complexity index is 1260. The Morgan fingerprint density at radius 3 is 2.30 bits per heavy atom. The van der Waals surface area contributed by atoms with Gasteiger partial charge in [-0.2, -0.15) is 10.2 Å². The lowest BCUT2D eigenvalue weighted by atomic mass is 10.1. The second-order valence-corrected chi connectivity index (χ2v) is 7.42. The van der Waals surface area contributed by atoms with E-state index in [4.69, 9.17) is 5.10 Å². The van der Waals surface area contributed by atoms with Crippen molar-refractivity contribution in [2.24, 2.45) is 5.10 Å². The SMILES string of the molecule is Cc1ccc(C(=O)NCC(=O)N/N=C\c2cn(-c3ccccc3)nc2-c2ccccc2)cc1. The molecule has 4 rings (SSSR count). The van der Waals surface area contributed by atoms with Gasteiger partial charge >= 0.3 is 0 Å². The highest BCUT2D eigenvalue weighted by atomic mass is 16.2. The maximum atomic E-state index is 12.2. The van der Waals surface area contributed by atoms with Crippen molar-refractivity contribution in [1.82, 2.24) is 20.5 Å². The van der Waals surface area contributed by atoms with E-state index in [0.717, 1.165) is 28.1 Å². The highest BCUT2D eigenvalue weighted by Crippen LogP contribution is 2.22. The lowest BCUT2D eigenvalue weighted by Crippen LogP contribution is -2.34. The third-order valence-corrected chi connectivity index (χ3v) is 4.93. The number of amides is 2. The van der Waals surface area contributed by atoms with Crippen molar-refractivity contribution < 1.29 is 9.59 Å². The number of nitrogens with one attached hydrogen (secondary N) is 2. The van der Waals surface area contributed by atoms with E-state index in [-0.39, 0.29) is 12.5 Å². The van der Waals surface area contributed by atoms with E-state index in [1.807, 2.05) is 85.9 Å². The Kier molecular flexibility index (Phi) is 6.70. The Hall–Kier alpha value is -4.52. The van der Waals surface area contributed by atoms with Gasteiger partial charge in [0.05, 0.1) is 18.4 Å². The number of aryl methyl sites for hydroxylation is 1. The van der Waals surface area contributed by atoms with Gasteiger partial charge in [-0.05, 0) is 31.2 Å². The molecule has 2 amide bonds.